The minimum absolute atomic E-state index is 0.362. The van der Waals surface area contributed by atoms with Crippen LogP contribution >= 0.6 is 11.8 Å². The number of benzene rings is 1. The van der Waals surface area contributed by atoms with Crippen LogP contribution in [-0.2, 0) is 21.6 Å². The van der Waals surface area contributed by atoms with Crippen LogP contribution in [0.1, 0.15) is 54.1 Å². The normalized spacial score (nSPS) is 22.2. The molecule has 6 heteroatoms. The number of carboxylic acids is 1. The molecule has 24 heavy (non-hydrogen) atoms. The fraction of sp³-hybridized carbons (Fsp3) is 0.500. The Balaban J connectivity index is 1.91. The van der Waals surface area contributed by atoms with Crippen molar-refractivity contribution in [3.05, 3.63) is 34.9 Å². The Labute approximate surface area is 145 Å². The summed E-state index contributed by atoms with van der Waals surface area (Å²) in [7, 11) is 0. The summed E-state index contributed by atoms with van der Waals surface area (Å²) in [6.07, 6.45) is 5.48. The number of carbonyl (C=O) groups excluding carboxylic acids is 1. The lowest BCUT2D eigenvalue weighted by molar-refractivity contribution is -0.151. The van der Waals surface area contributed by atoms with Crippen molar-refractivity contribution in [1.29, 1.82) is 0 Å². The minimum atomic E-state index is -1.76. The zero-order chi connectivity index (χ0) is 17.2. The maximum absolute atomic E-state index is 12.3. The number of esters is 1. The Morgan fingerprint density at radius 2 is 2.21 bits per heavy atom. The Morgan fingerprint density at radius 1 is 1.38 bits per heavy atom. The number of hydrogen-bond donors (Lipinski definition) is 1. The lowest BCUT2D eigenvalue weighted by Gasteiger charge is -2.23. The maximum atomic E-state index is 12.3. The monoisotopic (exact) mass is 347 g/mol. The molecule has 0 saturated carbocycles. The number of carbonyl (C=O) groups is 2. The third-order valence-electron chi connectivity index (χ3n) is 4.44. The second-order valence-corrected chi connectivity index (χ2v) is 7.19. The molecular formula is C18H21NO4S. The summed E-state index contributed by atoms with van der Waals surface area (Å²) < 4.78 is 5.37. The van der Waals surface area contributed by atoms with Crippen LogP contribution in [0, 0.1) is 0 Å². The molecule has 2 aliphatic heterocycles. The van der Waals surface area contributed by atoms with Crippen molar-refractivity contribution in [2.24, 2.45) is 4.99 Å². The molecule has 0 aliphatic carbocycles. The molecule has 1 aromatic carbocycles. The highest BCUT2D eigenvalue weighted by molar-refractivity contribution is 8.14. The molecule has 1 N–H and O–H groups in total. The van der Waals surface area contributed by atoms with Crippen molar-refractivity contribution < 1.29 is 19.4 Å². The van der Waals surface area contributed by atoms with Crippen LogP contribution in [0.15, 0.2) is 23.2 Å². The highest BCUT2D eigenvalue weighted by Gasteiger charge is 2.56. The lowest BCUT2D eigenvalue weighted by Crippen LogP contribution is -2.42. The molecule has 1 aromatic rings. The molecule has 0 spiro atoms. The van der Waals surface area contributed by atoms with E-state index in [1.54, 1.807) is 12.1 Å². The van der Waals surface area contributed by atoms with Crippen molar-refractivity contribution in [2.45, 2.75) is 44.6 Å². The van der Waals surface area contributed by atoms with E-state index in [0.717, 1.165) is 24.8 Å². The minimum Gasteiger partial charge on any atom is -0.478 e. The Bertz CT molecular complexity index is 700. The number of aliphatic imine (C=N–C) groups is 1. The van der Waals surface area contributed by atoms with Gasteiger partial charge in [0.1, 0.15) is 5.04 Å². The van der Waals surface area contributed by atoms with E-state index in [-0.39, 0.29) is 0 Å². The van der Waals surface area contributed by atoms with E-state index < -0.39 is 17.5 Å². The van der Waals surface area contributed by atoms with E-state index >= 15 is 0 Å². The summed E-state index contributed by atoms with van der Waals surface area (Å²) in [6, 6.07) is 5.42. The first kappa shape index (κ1) is 17.0. The first-order chi connectivity index (χ1) is 11.6. The van der Waals surface area contributed by atoms with Gasteiger partial charge in [-0.2, -0.15) is 0 Å². The highest BCUT2D eigenvalue weighted by atomic mass is 32.2. The fourth-order valence-electron chi connectivity index (χ4n) is 3.19. The van der Waals surface area contributed by atoms with Crippen LogP contribution in [0.2, 0.25) is 0 Å². The smallest absolute Gasteiger partial charge is 0.360 e. The Kier molecular flexibility index (Phi) is 4.94. The molecular weight excluding hydrogens is 326 g/mol. The van der Waals surface area contributed by atoms with Gasteiger partial charge in [0.05, 0.1) is 5.56 Å². The molecule has 128 valence electrons. The van der Waals surface area contributed by atoms with E-state index in [0.29, 0.717) is 28.5 Å². The predicted octanol–water partition coefficient (Wildman–Crippen LogP) is 3.41. The number of cyclic esters (lactones) is 1. The van der Waals surface area contributed by atoms with Crippen molar-refractivity contribution in [3.63, 3.8) is 0 Å². The molecule has 0 bridgehead atoms. The van der Waals surface area contributed by atoms with Crippen LogP contribution in [0.4, 0.5) is 0 Å². The maximum Gasteiger partial charge on any atom is 0.360 e. The third kappa shape index (κ3) is 2.83. The SMILES string of the molecule is CCCCCCc1ccc2c(c1)C(=O)OC2(C(=O)O)C1=NCCS1. The number of aryl methyl sites for hydroxylation is 1. The zero-order valence-electron chi connectivity index (χ0n) is 13.7. The average Bonchev–Trinajstić information content (AvgIpc) is 3.19. The molecule has 0 aromatic heterocycles. The van der Waals surface area contributed by atoms with Crippen LogP contribution < -0.4 is 0 Å². The first-order valence-corrected chi connectivity index (χ1v) is 9.36. The van der Waals surface area contributed by atoms with Gasteiger partial charge in [0.15, 0.2) is 0 Å². The zero-order valence-corrected chi connectivity index (χ0v) is 14.5. The molecule has 0 radical (unpaired) electrons. The van der Waals surface area contributed by atoms with Crippen LogP contribution in [0.25, 0.3) is 0 Å². The van der Waals surface area contributed by atoms with Gasteiger partial charge in [0, 0.05) is 17.9 Å². The van der Waals surface area contributed by atoms with Gasteiger partial charge in [0.25, 0.3) is 5.60 Å². The molecule has 0 amide bonds. The van der Waals surface area contributed by atoms with Crippen molar-refractivity contribution in [1.82, 2.24) is 0 Å². The largest absolute Gasteiger partial charge is 0.478 e. The van der Waals surface area contributed by atoms with Crippen LogP contribution in [0.5, 0.6) is 0 Å². The Hall–Kier alpha value is -1.82. The number of unbranched alkanes of at least 4 members (excludes halogenated alkanes) is 3. The standard InChI is InChI=1S/C18H21NO4S/c1-2-3-4-5-6-12-7-8-14-13(11-12)15(20)23-18(14,17(21)22)16-19-9-10-24-16/h7-8,11H,2-6,9-10H2,1H3,(H,21,22). The molecule has 0 fully saturated rings. The summed E-state index contributed by atoms with van der Waals surface area (Å²) in [5.74, 6) is -1.04. The summed E-state index contributed by atoms with van der Waals surface area (Å²) in [5.41, 5.74) is 0.0592. The Morgan fingerprint density at radius 3 is 2.88 bits per heavy atom. The van der Waals surface area contributed by atoms with Gasteiger partial charge < -0.3 is 9.84 Å². The second kappa shape index (κ2) is 6.97. The van der Waals surface area contributed by atoms with Gasteiger partial charge in [-0.05, 0) is 24.5 Å². The third-order valence-corrected chi connectivity index (χ3v) is 5.51. The van der Waals surface area contributed by atoms with E-state index in [1.165, 1.54) is 24.6 Å². The molecule has 3 rings (SSSR count). The van der Waals surface area contributed by atoms with Crippen molar-refractivity contribution in [3.8, 4) is 0 Å². The van der Waals surface area contributed by atoms with Gasteiger partial charge in [-0.3, -0.25) is 4.99 Å². The lowest BCUT2D eigenvalue weighted by atomic mass is 9.91. The number of hydrogen-bond acceptors (Lipinski definition) is 5. The number of carboxylic acid groups (broad SMARTS) is 1. The van der Waals surface area contributed by atoms with E-state index in [2.05, 4.69) is 11.9 Å². The molecule has 0 saturated heterocycles. The summed E-state index contributed by atoms with van der Waals surface area (Å²) in [6.45, 7) is 2.72. The van der Waals surface area contributed by atoms with Crippen molar-refractivity contribution >= 4 is 28.7 Å². The molecule has 2 aliphatic rings. The number of fused-ring (bicyclic) bond motifs is 1. The van der Waals surface area contributed by atoms with E-state index in [4.69, 9.17) is 4.74 Å². The summed E-state index contributed by atoms with van der Waals surface area (Å²) >= 11 is 1.35. The van der Waals surface area contributed by atoms with E-state index in [9.17, 15) is 14.7 Å². The second-order valence-electron chi connectivity index (χ2n) is 6.10. The summed E-state index contributed by atoms with van der Waals surface area (Å²) in [4.78, 5) is 28.6. The summed E-state index contributed by atoms with van der Waals surface area (Å²) in [5, 5.41) is 10.2. The fourth-order valence-corrected chi connectivity index (χ4v) is 4.19. The number of thioether (sulfide) groups is 1. The first-order valence-electron chi connectivity index (χ1n) is 8.37. The van der Waals surface area contributed by atoms with Gasteiger partial charge in [-0.25, -0.2) is 9.59 Å². The van der Waals surface area contributed by atoms with Crippen LogP contribution in [-0.4, -0.2) is 34.4 Å². The predicted molar refractivity (Wildman–Crippen MR) is 93.8 cm³/mol. The number of ether oxygens (including phenoxy) is 1. The van der Waals surface area contributed by atoms with E-state index in [1.807, 2.05) is 6.07 Å². The topological polar surface area (TPSA) is 76.0 Å². The van der Waals surface area contributed by atoms with Crippen molar-refractivity contribution in [2.75, 3.05) is 12.3 Å². The number of aliphatic carboxylic acids is 1. The van der Waals surface area contributed by atoms with Gasteiger partial charge in [-0.1, -0.05) is 38.3 Å². The molecule has 1 atom stereocenters. The number of nitrogens with zero attached hydrogens (tertiary/aromatic N) is 1. The van der Waals surface area contributed by atoms with Gasteiger partial charge >= 0.3 is 11.9 Å². The molecule has 2 heterocycles. The van der Waals surface area contributed by atoms with Gasteiger partial charge in [0.2, 0.25) is 0 Å². The molecule has 5 nitrogen and oxygen atoms in total. The van der Waals surface area contributed by atoms with Crippen LogP contribution in [0.3, 0.4) is 0 Å². The number of rotatable bonds is 7. The highest BCUT2D eigenvalue weighted by Crippen LogP contribution is 2.42. The average molecular weight is 347 g/mol. The van der Waals surface area contributed by atoms with Gasteiger partial charge in [-0.15, -0.1) is 11.8 Å². The molecule has 1 unspecified atom stereocenters. The quantitative estimate of drug-likeness (QED) is 0.604.